The van der Waals surface area contributed by atoms with Crippen LogP contribution < -0.4 is 10.2 Å². The normalized spacial score (nSPS) is 12.9. The largest absolute Gasteiger partial charge is 0.374 e. The molecule has 1 aromatic carbocycles. The van der Waals surface area contributed by atoms with E-state index in [1.807, 2.05) is 7.05 Å². The molecule has 1 unspecified atom stereocenters. The number of anilines is 1. The van der Waals surface area contributed by atoms with E-state index in [1.165, 1.54) is 11.3 Å². The van der Waals surface area contributed by atoms with Crippen molar-refractivity contribution in [1.29, 1.82) is 0 Å². The fraction of sp³-hybridized carbons (Fsp3) is 0.571. The summed E-state index contributed by atoms with van der Waals surface area (Å²) in [6.45, 7) is 7.76. The van der Waals surface area contributed by atoms with E-state index in [0.29, 0.717) is 12.0 Å². The molecule has 0 saturated heterocycles. The van der Waals surface area contributed by atoms with Gasteiger partial charge in [-0.25, -0.2) is 0 Å². The molecule has 2 heteroatoms. The quantitative estimate of drug-likeness (QED) is 0.820. The van der Waals surface area contributed by atoms with Gasteiger partial charge in [-0.15, -0.1) is 0 Å². The van der Waals surface area contributed by atoms with Crippen molar-refractivity contribution in [3.63, 3.8) is 0 Å². The third kappa shape index (κ3) is 3.53. The van der Waals surface area contributed by atoms with Crippen LogP contribution in [0.5, 0.6) is 0 Å². The zero-order chi connectivity index (χ0) is 12.1. The van der Waals surface area contributed by atoms with Crippen molar-refractivity contribution in [2.45, 2.75) is 26.8 Å². The highest BCUT2D eigenvalue weighted by atomic mass is 15.1. The van der Waals surface area contributed by atoms with E-state index in [0.717, 1.165) is 6.54 Å². The molecule has 1 N–H and O–H groups in total. The minimum absolute atomic E-state index is 0.421. The summed E-state index contributed by atoms with van der Waals surface area (Å²) in [7, 11) is 4.14. The molecule has 16 heavy (non-hydrogen) atoms. The van der Waals surface area contributed by atoms with Gasteiger partial charge in [0.1, 0.15) is 0 Å². The maximum atomic E-state index is 3.25. The summed E-state index contributed by atoms with van der Waals surface area (Å²) in [4.78, 5) is 2.30. The second-order valence-corrected chi connectivity index (χ2v) is 4.88. The van der Waals surface area contributed by atoms with Crippen LogP contribution >= 0.6 is 0 Å². The molecule has 0 saturated carbocycles. The van der Waals surface area contributed by atoms with Crippen LogP contribution in [0.4, 0.5) is 5.69 Å². The molecule has 0 fully saturated rings. The molecule has 2 nitrogen and oxygen atoms in total. The summed E-state index contributed by atoms with van der Waals surface area (Å²) in [5, 5.41) is 3.25. The molecule has 1 rings (SSSR count). The van der Waals surface area contributed by atoms with Gasteiger partial charge in [0, 0.05) is 25.3 Å². The average molecular weight is 220 g/mol. The Morgan fingerprint density at radius 1 is 1.12 bits per heavy atom. The molecule has 0 aliphatic rings. The highest BCUT2D eigenvalue weighted by Gasteiger charge is 2.05. The smallest absolute Gasteiger partial charge is 0.0363 e. The first-order valence-electron chi connectivity index (χ1n) is 6.03. The van der Waals surface area contributed by atoms with Crippen LogP contribution in [0.25, 0.3) is 0 Å². The average Bonchev–Trinajstić information content (AvgIpc) is 2.27. The van der Waals surface area contributed by atoms with E-state index >= 15 is 0 Å². The van der Waals surface area contributed by atoms with Crippen molar-refractivity contribution in [2.24, 2.45) is 5.92 Å². The number of hydrogen-bond acceptors (Lipinski definition) is 2. The maximum absolute atomic E-state index is 3.25. The van der Waals surface area contributed by atoms with Gasteiger partial charge in [-0.3, -0.25) is 0 Å². The highest BCUT2D eigenvalue weighted by Crippen LogP contribution is 2.18. The Morgan fingerprint density at radius 2 is 1.69 bits per heavy atom. The second kappa shape index (κ2) is 5.90. The first-order valence-corrected chi connectivity index (χ1v) is 6.03. The standard InChI is InChI=1S/C14H24N2/c1-11(2)10-16(5)14-8-6-13(7-9-14)12(3)15-4/h6-9,11-12,15H,10H2,1-5H3. The van der Waals surface area contributed by atoms with Crippen LogP contribution in [0, 0.1) is 5.92 Å². The van der Waals surface area contributed by atoms with Crippen LogP contribution in [0.15, 0.2) is 24.3 Å². The Morgan fingerprint density at radius 3 is 2.12 bits per heavy atom. The van der Waals surface area contributed by atoms with E-state index in [4.69, 9.17) is 0 Å². The minimum atomic E-state index is 0.421. The Labute approximate surface area is 99.7 Å². The summed E-state index contributed by atoms with van der Waals surface area (Å²) >= 11 is 0. The molecule has 0 aliphatic carbocycles. The lowest BCUT2D eigenvalue weighted by molar-refractivity contribution is 0.637. The van der Waals surface area contributed by atoms with Gasteiger partial charge in [-0.2, -0.15) is 0 Å². The van der Waals surface area contributed by atoms with Crippen LogP contribution in [-0.2, 0) is 0 Å². The van der Waals surface area contributed by atoms with Crippen molar-refractivity contribution in [2.75, 3.05) is 25.5 Å². The fourth-order valence-corrected chi connectivity index (χ4v) is 1.84. The molecule has 90 valence electrons. The molecule has 0 radical (unpaired) electrons. The van der Waals surface area contributed by atoms with E-state index in [9.17, 15) is 0 Å². The van der Waals surface area contributed by atoms with Gasteiger partial charge in [0.25, 0.3) is 0 Å². The summed E-state index contributed by atoms with van der Waals surface area (Å²) in [5.41, 5.74) is 2.63. The number of nitrogens with one attached hydrogen (secondary N) is 1. The van der Waals surface area contributed by atoms with Gasteiger partial charge >= 0.3 is 0 Å². The lowest BCUT2D eigenvalue weighted by atomic mass is 10.1. The van der Waals surface area contributed by atoms with Crippen molar-refractivity contribution in [3.8, 4) is 0 Å². The number of rotatable bonds is 5. The third-order valence-corrected chi connectivity index (χ3v) is 2.91. The lowest BCUT2D eigenvalue weighted by Gasteiger charge is -2.22. The van der Waals surface area contributed by atoms with Crippen molar-refractivity contribution in [1.82, 2.24) is 5.32 Å². The Kier molecular flexibility index (Phi) is 4.81. The molecule has 0 amide bonds. The van der Waals surface area contributed by atoms with E-state index in [1.54, 1.807) is 0 Å². The second-order valence-electron chi connectivity index (χ2n) is 4.88. The zero-order valence-corrected chi connectivity index (χ0v) is 11.1. The van der Waals surface area contributed by atoms with Gasteiger partial charge in [-0.05, 0) is 37.6 Å². The molecular weight excluding hydrogens is 196 g/mol. The first-order chi connectivity index (χ1) is 7.54. The van der Waals surface area contributed by atoms with E-state index in [2.05, 4.69) is 62.3 Å². The lowest BCUT2D eigenvalue weighted by Crippen LogP contribution is -2.22. The number of hydrogen-bond donors (Lipinski definition) is 1. The summed E-state index contributed by atoms with van der Waals surface area (Å²) in [6, 6.07) is 9.22. The van der Waals surface area contributed by atoms with Crippen molar-refractivity contribution in [3.05, 3.63) is 29.8 Å². The van der Waals surface area contributed by atoms with Gasteiger partial charge in [0.15, 0.2) is 0 Å². The van der Waals surface area contributed by atoms with Gasteiger partial charge < -0.3 is 10.2 Å². The van der Waals surface area contributed by atoms with Crippen LogP contribution in [-0.4, -0.2) is 20.6 Å². The molecule has 0 aromatic heterocycles. The highest BCUT2D eigenvalue weighted by molar-refractivity contribution is 5.47. The maximum Gasteiger partial charge on any atom is 0.0363 e. The van der Waals surface area contributed by atoms with Crippen LogP contribution in [0.3, 0.4) is 0 Å². The summed E-state index contributed by atoms with van der Waals surface area (Å²) in [6.07, 6.45) is 0. The monoisotopic (exact) mass is 220 g/mol. The van der Waals surface area contributed by atoms with Gasteiger partial charge in [-0.1, -0.05) is 26.0 Å². The molecule has 0 spiro atoms. The molecule has 1 aromatic rings. The predicted octanol–water partition coefficient (Wildman–Crippen LogP) is 3.06. The molecule has 1 atom stereocenters. The number of benzene rings is 1. The predicted molar refractivity (Wildman–Crippen MR) is 72.0 cm³/mol. The fourth-order valence-electron chi connectivity index (χ4n) is 1.84. The third-order valence-electron chi connectivity index (χ3n) is 2.91. The van der Waals surface area contributed by atoms with Crippen LogP contribution in [0.2, 0.25) is 0 Å². The molecule has 0 aliphatic heterocycles. The van der Waals surface area contributed by atoms with E-state index < -0.39 is 0 Å². The van der Waals surface area contributed by atoms with Crippen LogP contribution in [0.1, 0.15) is 32.4 Å². The topological polar surface area (TPSA) is 15.3 Å². The summed E-state index contributed by atoms with van der Waals surface area (Å²) < 4.78 is 0. The molecular formula is C14H24N2. The molecule has 0 heterocycles. The van der Waals surface area contributed by atoms with Gasteiger partial charge in [0.2, 0.25) is 0 Å². The van der Waals surface area contributed by atoms with E-state index in [-0.39, 0.29) is 0 Å². The van der Waals surface area contributed by atoms with Gasteiger partial charge in [0.05, 0.1) is 0 Å². The number of nitrogens with zero attached hydrogens (tertiary/aromatic N) is 1. The Bertz CT molecular complexity index is 303. The zero-order valence-electron chi connectivity index (χ0n) is 11.1. The van der Waals surface area contributed by atoms with Crippen molar-refractivity contribution >= 4 is 5.69 Å². The Hall–Kier alpha value is -1.02. The SMILES string of the molecule is CNC(C)c1ccc(N(C)CC(C)C)cc1. The minimum Gasteiger partial charge on any atom is -0.374 e. The summed E-state index contributed by atoms with van der Waals surface area (Å²) in [5.74, 6) is 0.695. The van der Waals surface area contributed by atoms with Crippen molar-refractivity contribution < 1.29 is 0 Å². The molecule has 0 bridgehead atoms. The Balaban J connectivity index is 2.70. The first kappa shape index (κ1) is 13.0.